The van der Waals surface area contributed by atoms with Gasteiger partial charge >= 0.3 is 0 Å². The molecule has 70 valence electrons. The summed E-state index contributed by atoms with van der Waals surface area (Å²) in [5, 5.41) is 7.57. The normalized spacial score (nSPS) is 12.3. The predicted molar refractivity (Wildman–Crippen MR) is 50.8 cm³/mol. The van der Waals surface area contributed by atoms with Gasteiger partial charge in [-0.25, -0.2) is 0 Å². The SMILES string of the molecule is CCC(C)N(C)CC.CCO. The van der Waals surface area contributed by atoms with Crippen molar-refractivity contribution in [3.63, 3.8) is 0 Å². The molecular weight excluding hydrogens is 138 g/mol. The van der Waals surface area contributed by atoms with Crippen LogP contribution in [-0.4, -0.2) is 36.2 Å². The van der Waals surface area contributed by atoms with Gasteiger partial charge in [-0.3, -0.25) is 0 Å². The van der Waals surface area contributed by atoms with Gasteiger partial charge in [0.15, 0.2) is 0 Å². The van der Waals surface area contributed by atoms with Crippen LogP contribution < -0.4 is 0 Å². The lowest BCUT2D eigenvalue weighted by Crippen LogP contribution is -2.27. The van der Waals surface area contributed by atoms with E-state index in [2.05, 4.69) is 32.7 Å². The van der Waals surface area contributed by atoms with Gasteiger partial charge in [0.05, 0.1) is 0 Å². The van der Waals surface area contributed by atoms with E-state index in [0.717, 1.165) is 12.6 Å². The lowest BCUT2D eigenvalue weighted by atomic mass is 10.2. The minimum Gasteiger partial charge on any atom is -0.397 e. The third kappa shape index (κ3) is 9.92. The molecule has 1 unspecified atom stereocenters. The first-order chi connectivity index (χ1) is 5.13. The second kappa shape index (κ2) is 9.92. The maximum Gasteiger partial charge on any atom is 0.0402 e. The Bertz CT molecular complexity index is 58.6. The molecule has 0 radical (unpaired) electrons. The Hall–Kier alpha value is -0.0800. The molecule has 2 heteroatoms. The van der Waals surface area contributed by atoms with Crippen molar-refractivity contribution in [3.05, 3.63) is 0 Å². The summed E-state index contributed by atoms with van der Waals surface area (Å²) in [5.41, 5.74) is 0. The fourth-order valence-electron chi connectivity index (χ4n) is 0.623. The van der Waals surface area contributed by atoms with Crippen molar-refractivity contribution in [1.82, 2.24) is 4.90 Å². The van der Waals surface area contributed by atoms with Gasteiger partial charge in [-0.05, 0) is 33.9 Å². The summed E-state index contributed by atoms with van der Waals surface area (Å²) in [6.07, 6.45) is 1.25. The van der Waals surface area contributed by atoms with Crippen molar-refractivity contribution in [2.45, 2.75) is 40.2 Å². The number of nitrogens with zero attached hydrogens (tertiary/aromatic N) is 1. The first kappa shape index (κ1) is 13.5. The molecule has 0 aliphatic carbocycles. The minimum atomic E-state index is 0.250. The van der Waals surface area contributed by atoms with Crippen molar-refractivity contribution in [3.8, 4) is 0 Å². The van der Waals surface area contributed by atoms with Crippen LogP contribution >= 0.6 is 0 Å². The van der Waals surface area contributed by atoms with Crippen LogP contribution in [0, 0.1) is 0 Å². The van der Waals surface area contributed by atoms with Crippen molar-refractivity contribution in [1.29, 1.82) is 0 Å². The third-order valence-electron chi connectivity index (χ3n) is 1.84. The summed E-state index contributed by atoms with van der Waals surface area (Å²) < 4.78 is 0. The Kier molecular flexibility index (Phi) is 12.2. The molecule has 1 N–H and O–H groups in total. The summed E-state index contributed by atoms with van der Waals surface area (Å²) in [5.74, 6) is 0. The summed E-state index contributed by atoms with van der Waals surface area (Å²) in [6, 6.07) is 0.750. The van der Waals surface area contributed by atoms with Crippen LogP contribution in [0.3, 0.4) is 0 Å². The molecule has 0 saturated heterocycles. The Morgan fingerprint density at radius 1 is 1.27 bits per heavy atom. The monoisotopic (exact) mass is 161 g/mol. The predicted octanol–water partition coefficient (Wildman–Crippen LogP) is 1.74. The fourth-order valence-corrected chi connectivity index (χ4v) is 0.623. The largest absolute Gasteiger partial charge is 0.397 e. The fraction of sp³-hybridized carbons (Fsp3) is 1.00. The Morgan fingerprint density at radius 2 is 1.64 bits per heavy atom. The molecular formula is C9H23NO. The minimum absolute atomic E-state index is 0.250. The molecule has 0 aliphatic rings. The molecule has 0 fully saturated rings. The van der Waals surface area contributed by atoms with Crippen molar-refractivity contribution >= 4 is 0 Å². The molecule has 1 atom stereocenters. The zero-order valence-electron chi connectivity index (χ0n) is 8.59. The number of hydrogen-bond acceptors (Lipinski definition) is 2. The number of hydrogen-bond donors (Lipinski definition) is 1. The molecule has 0 heterocycles. The van der Waals surface area contributed by atoms with Gasteiger partial charge in [-0.1, -0.05) is 13.8 Å². The van der Waals surface area contributed by atoms with Gasteiger partial charge in [0.2, 0.25) is 0 Å². The maximum atomic E-state index is 7.57. The third-order valence-corrected chi connectivity index (χ3v) is 1.84. The van der Waals surface area contributed by atoms with E-state index in [1.54, 1.807) is 6.92 Å². The Morgan fingerprint density at radius 3 is 1.73 bits per heavy atom. The Balaban J connectivity index is 0. The average Bonchev–Trinajstić information content (AvgIpc) is 2.03. The first-order valence-electron chi connectivity index (χ1n) is 4.44. The van der Waals surface area contributed by atoms with E-state index < -0.39 is 0 Å². The van der Waals surface area contributed by atoms with E-state index in [-0.39, 0.29) is 6.61 Å². The van der Waals surface area contributed by atoms with Gasteiger partial charge in [-0.2, -0.15) is 0 Å². The molecule has 0 amide bonds. The van der Waals surface area contributed by atoms with Crippen LogP contribution in [0.2, 0.25) is 0 Å². The zero-order valence-corrected chi connectivity index (χ0v) is 8.59. The topological polar surface area (TPSA) is 23.5 Å². The van der Waals surface area contributed by atoms with Gasteiger partial charge in [0.1, 0.15) is 0 Å². The standard InChI is InChI=1S/C7H17N.C2H6O/c1-5-7(3)8(4)6-2;1-2-3/h7H,5-6H2,1-4H3;3H,2H2,1H3. The van der Waals surface area contributed by atoms with Crippen LogP contribution in [0.5, 0.6) is 0 Å². The maximum absolute atomic E-state index is 7.57. The number of aliphatic hydroxyl groups is 1. The first-order valence-corrected chi connectivity index (χ1v) is 4.44. The highest BCUT2D eigenvalue weighted by Gasteiger charge is 2.01. The van der Waals surface area contributed by atoms with Crippen LogP contribution in [0.25, 0.3) is 0 Å². The molecule has 2 nitrogen and oxygen atoms in total. The summed E-state index contributed by atoms with van der Waals surface area (Å²) in [4.78, 5) is 2.35. The zero-order chi connectivity index (χ0) is 9.28. The Labute approximate surface area is 71.2 Å². The summed E-state index contributed by atoms with van der Waals surface area (Å²) in [6.45, 7) is 9.75. The molecule has 11 heavy (non-hydrogen) atoms. The van der Waals surface area contributed by atoms with Crippen molar-refractivity contribution in [2.75, 3.05) is 20.2 Å². The van der Waals surface area contributed by atoms with E-state index in [1.165, 1.54) is 6.42 Å². The lowest BCUT2D eigenvalue weighted by Gasteiger charge is -2.20. The smallest absolute Gasteiger partial charge is 0.0402 e. The van der Waals surface area contributed by atoms with Crippen molar-refractivity contribution in [2.24, 2.45) is 0 Å². The van der Waals surface area contributed by atoms with Gasteiger partial charge in [0, 0.05) is 12.6 Å². The molecule has 0 saturated carbocycles. The molecule has 0 bridgehead atoms. The highest BCUT2D eigenvalue weighted by Crippen LogP contribution is 1.97. The van der Waals surface area contributed by atoms with Crippen LogP contribution in [0.4, 0.5) is 0 Å². The van der Waals surface area contributed by atoms with E-state index >= 15 is 0 Å². The number of rotatable bonds is 3. The lowest BCUT2D eigenvalue weighted by molar-refractivity contribution is 0.265. The van der Waals surface area contributed by atoms with Gasteiger partial charge in [-0.15, -0.1) is 0 Å². The van der Waals surface area contributed by atoms with E-state index in [1.807, 2.05) is 0 Å². The number of aliphatic hydroxyl groups excluding tert-OH is 1. The van der Waals surface area contributed by atoms with Crippen LogP contribution in [0.15, 0.2) is 0 Å². The molecule has 0 aromatic carbocycles. The van der Waals surface area contributed by atoms with Crippen LogP contribution in [0.1, 0.15) is 34.1 Å². The second-order valence-electron chi connectivity index (χ2n) is 2.65. The van der Waals surface area contributed by atoms with E-state index in [9.17, 15) is 0 Å². The average molecular weight is 161 g/mol. The molecule has 0 aromatic rings. The highest BCUT2D eigenvalue weighted by molar-refractivity contribution is 4.56. The molecule has 0 aromatic heterocycles. The quantitative estimate of drug-likeness (QED) is 0.681. The highest BCUT2D eigenvalue weighted by atomic mass is 16.2. The summed E-state index contributed by atoms with van der Waals surface area (Å²) >= 11 is 0. The molecule has 0 spiro atoms. The van der Waals surface area contributed by atoms with E-state index in [4.69, 9.17) is 5.11 Å². The van der Waals surface area contributed by atoms with Gasteiger partial charge in [0.25, 0.3) is 0 Å². The molecule has 0 rings (SSSR count). The second-order valence-corrected chi connectivity index (χ2v) is 2.65. The van der Waals surface area contributed by atoms with Gasteiger partial charge < -0.3 is 10.0 Å². The van der Waals surface area contributed by atoms with E-state index in [0.29, 0.717) is 0 Å². The summed E-state index contributed by atoms with van der Waals surface area (Å²) in [7, 11) is 2.16. The van der Waals surface area contributed by atoms with Crippen molar-refractivity contribution < 1.29 is 5.11 Å². The van der Waals surface area contributed by atoms with Crippen LogP contribution in [-0.2, 0) is 0 Å². The molecule has 0 aliphatic heterocycles.